The van der Waals surface area contributed by atoms with E-state index in [4.69, 9.17) is 34.8 Å². The molecule has 0 aliphatic carbocycles. The molecule has 0 N–H and O–H groups in total. The highest BCUT2D eigenvalue weighted by Gasteiger charge is 2.33. The van der Waals surface area contributed by atoms with Gasteiger partial charge in [0.1, 0.15) is 12.7 Å². The Balaban J connectivity index is 2.50. The molecule has 0 spiro atoms. The molecule has 96 valence electrons. The van der Waals surface area contributed by atoms with Crippen LogP contribution in [0.2, 0.25) is 0 Å². The minimum Gasteiger partial charge on any atom is -0.243 e. The van der Waals surface area contributed by atoms with Gasteiger partial charge < -0.3 is 0 Å². The molecule has 0 bridgehead atoms. The summed E-state index contributed by atoms with van der Waals surface area (Å²) < 4.78 is 0.0190. The molecule has 0 saturated carbocycles. The number of aryl methyl sites for hydroxylation is 1. The molecule has 0 aliphatic heterocycles. The van der Waals surface area contributed by atoms with Crippen LogP contribution in [0.4, 0.5) is 4.79 Å². The lowest BCUT2D eigenvalue weighted by Gasteiger charge is -2.10. The number of carbonyl (C=O) groups excluding carboxylic acids is 1. The fourth-order valence-electron chi connectivity index (χ4n) is 1.23. The number of carbonyl (C=O) groups is 1. The van der Waals surface area contributed by atoms with Crippen LogP contribution < -0.4 is 0 Å². The Morgan fingerprint density at radius 3 is 2.67 bits per heavy atom. The van der Waals surface area contributed by atoms with E-state index < -0.39 is 9.82 Å². The quantitative estimate of drug-likeness (QED) is 0.750. The van der Waals surface area contributed by atoms with E-state index in [9.17, 15) is 4.79 Å². The predicted molar refractivity (Wildman–Crippen MR) is 64.9 cm³/mol. The van der Waals surface area contributed by atoms with E-state index in [0.717, 1.165) is 9.36 Å². The molecule has 0 atom stereocenters. The molecule has 0 aromatic carbocycles. The molecule has 0 unspecified atom stereocenters. The number of aromatic nitrogens is 6. The van der Waals surface area contributed by atoms with Crippen molar-refractivity contribution >= 4 is 40.8 Å². The molecule has 2 aromatic rings. The zero-order valence-electron chi connectivity index (χ0n) is 9.09. The molecule has 2 aromatic heterocycles. The monoisotopic (exact) mass is 308 g/mol. The number of hydrogen-bond acceptors (Lipinski definition) is 5. The van der Waals surface area contributed by atoms with Gasteiger partial charge in [0, 0.05) is 6.42 Å². The zero-order valence-corrected chi connectivity index (χ0v) is 11.4. The van der Waals surface area contributed by atoms with Gasteiger partial charge in [0.15, 0.2) is 11.6 Å². The average molecular weight is 310 g/mol. The predicted octanol–water partition coefficient (Wildman–Crippen LogP) is 1.78. The second-order valence-electron chi connectivity index (χ2n) is 3.24. The van der Waals surface area contributed by atoms with Crippen molar-refractivity contribution in [1.29, 1.82) is 0 Å². The standard InChI is InChI=1S/C8H7Cl3N6O/c1-2-5-14-6(8(9,10)11)17(15-5)7(18)16-4-12-3-13-16/h3-4H,2H2,1H3. The number of rotatable bonds is 1. The Morgan fingerprint density at radius 2 is 2.17 bits per heavy atom. The maximum absolute atomic E-state index is 12.0. The van der Waals surface area contributed by atoms with Crippen molar-refractivity contribution in [1.82, 2.24) is 29.5 Å². The topological polar surface area (TPSA) is 78.5 Å². The first kappa shape index (κ1) is 13.3. The first-order valence-corrected chi connectivity index (χ1v) is 5.99. The maximum Gasteiger partial charge on any atom is 0.372 e. The van der Waals surface area contributed by atoms with Crippen molar-refractivity contribution in [2.75, 3.05) is 0 Å². The molecule has 0 radical (unpaired) electrons. The highest BCUT2D eigenvalue weighted by molar-refractivity contribution is 6.66. The van der Waals surface area contributed by atoms with Gasteiger partial charge in [-0.25, -0.2) is 14.8 Å². The summed E-state index contributed by atoms with van der Waals surface area (Å²) in [6.45, 7) is 1.82. The van der Waals surface area contributed by atoms with E-state index in [0.29, 0.717) is 12.2 Å². The molecule has 10 heteroatoms. The van der Waals surface area contributed by atoms with Gasteiger partial charge in [-0.1, -0.05) is 41.7 Å². The number of nitrogens with zero attached hydrogens (tertiary/aromatic N) is 6. The highest BCUT2D eigenvalue weighted by atomic mass is 35.6. The van der Waals surface area contributed by atoms with Crippen LogP contribution in [-0.2, 0) is 10.2 Å². The summed E-state index contributed by atoms with van der Waals surface area (Å²) in [4.78, 5) is 19.7. The highest BCUT2D eigenvalue weighted by Crippen LogP contribution is 2.36. The molecule has 0 amide bonds. The average Bonchev–Trinajstić information content (AvgIpc) is 2.96. The second kappa shape index (κ2) is 4.83. The Labute approximate surface area is 117 Å². The van der Waals surface area contributed by atoms with Crippen LogP contribution in [-0.4, -0.2) is 35.6 Å². The lowest BCUT2D eigenvalue weighted by molar-refractivity contribution is 0.237. The number of alkyl halides is 3. The Bertz CT molecular complexity index is 558. The molecule has 0 fully saturated rings. The van der Waals surface area contributed by atoms with E-state index in [1.54, 1.807) is 0 Å². The van der Waals surface area contributed by atoms with Crippen LogP contribution in [0.25, 0.3) is 0 Å². The van der Waals surface area contributed by atoms with Gasteiger partial charge in [0.25, 0.3) is 0 Å². The van der Waals surface area contributed by atoms with Crippen molar-refractivity contribution in [2.45, 2.75) is 17.1 Å². The van der Waals surface area contributed by atoms with Gasteiger partial charge in [0.2, 0.25) is 3.79 Å². The third-order valence-corrected chi connectivity index (χ3v) is 2.52. The van der Waals surface area contributed by atoms with Crippen LogP contribution in [0.3, 0.4) is 0 Å². The smallest absolute Gasteiger partial charge is 0.243 e. The minimum atomic E-state index is -1.85. The molecular weight excluding hydrogens is 302 g/mol. The van der Waals surface area contributed by atoms with E-state index in [1.807, 2.05) is 6.92 Å². The molecule has 2 heterocycles. The van der Waals surface area contributed by atoms with Crippen molar-refractivity contribution in [2.24, 2.45) is 0 Å². The second-order valence-corrected chi connectivity index (χ2v) is 5.52. The Hall–Kier alpha value is -1.18. The molecule has 2 rings (SSSR count). The fourth-order valence-corrected chi connectivity index (χ4v) is 1.59. The largest absolute Gasteiger partial charge is 0.372 e. The Morgan fingerprint density at radius 1 is 1.44 bits per heavy atom. The lowest BCUT2D eigenvalue weighted by Crippen LogP contribution is -2.26. The van der Waals surface area contributed by atoms with E-state index in [-0.39, 0.29) is 5.82 Å². The summed E-state index contributed by atoms with van der Waals surface area (Å²) in [5.41, 5.74) is 0. The molecule has 18 heavy (non-hydrogen) atoms. The van der Waals surface area contributed by atoms with Crippen LogP contribution in [0, 0.1) is 0 Å². The van der Waals surface area contributed by atoms with Gasteiger partial charge >= 0.3 is 6.03 Å². The summed E-state index contributed by atoms with van der Waals surface area (Å²) in [6.07, 6.45) is 2.94. The summed E-state index contributed by atoms with van der Waals surface area (Å²) >= 11 is 17.2. The molecule has 0 aliphatic rings. The SMILES string of the molecule is CCc1nc(C(Cl)(Cl)Cl)n(C(=O)n2cncn2)n1. The van der Waals surface area contributed by atoms with Gasteiger partial charge in [0.05, 0.1) is 0 Å². The summed E-state index contributed by atoms with van der Waals surface area (Å²) in [7, 11) is 0. The lowest BCUT2D eigenvalue weighted by atomic mass is 10.5. The third-order valence-electron chi connectivity index (χ3n) is 2.02. The van der Waals surface area contributed by atoms with Crippen LogP contribution in [0.1, 0.15) is 18.6 Å². The number of hydrogen-bond donors (Lipinski definition) is 0. The maximum atomic E-state index is 12.0. The number of halogens is 3. The Kier molecular flexibility index (Phi) is 3.56. The van der Waals surface area contributed by atoms with Crippen molar-refractivity contribution in [3.63, 3.8) is 0 Å². The van der Waals surface area contributed by atoms with Gasteiger partial charge in [-0.05, 0) is 0 Å². The zero-order chi connectivity index (χ0) is 13.3. The fraction of sp³-hybridized carbons (Fsp3) is 0.375. The minimum absolute atomic E-state index is 0.0788. The molecule has 7 nitrogen and oxygen atoms in total. The van der Waals surface area contributed by atoms with Gasteiger partial charge in [-0.3, -0.25) is 0 Å². The molecule has 0 saturated heterocycles. The van der Waals surface area contributed by atoms with Crippen molar-refractivity contribution in [3.8, 4) is 0 Å². The van der Waals surface area contributed by atoms with Gasteiger partial charge in [-0.2, -0.15) is 14.5 Å². The molecular formula is C8H7Cl3N6O. The van der Waals surface area contributed by atoms with Crippen LogP contribution >= 0.6 is 34.8 Å². The van der Waals surface area contributed by atoms with Gasteiger partial charge in [-0.15, -0.1) is 5.10 Å². The third kappa shape index (κ3) is 2.47. The van der Waals surface area contributed by atoms with E-state index >= 15 is 0 Å². The van der Waals surface area contributed by atoms with Crippen molar-refractivity contribution in [3.05, 3.63) is 24.3 Å². The summed E-state index contributed by atoms with van der Waals surface area (Å²) in [6, 6.07) is -0.624. The van der Waals surface area contributed by atoms with E-state index in [1.165, 1.54) is 12.7 Å². The summed E-state index contributed by atoms with van der Waals surface area (Å²) in [5, 5.41) is 7.65. The van der Waals surface area contributed by atoms with E-state index in [2.05, 4.69) is 20.2 Å². The first-order chi connectivity index (χ1) is 8.43. The normalized spacial score (nSPS) is 11.8. The first-order valence-electron chi connectivity index (χ1n) is 4.86. The van der Waals surface area contributed by atoms with Crippen LogP contribution in [0.15, 0.2) is 12.7 Å². The summed E-state index contributed by atoms with van der Waals surface area (Å²) in [5.74, 6) is 0.314. The van der Waals surface area contributed by atoms with Crippen molar-refractivity contribution < 1.29 is 4.79 Å². The van der Waals surface area contributed by atoms with Crippen LogP contribution in [0.5, 0.6) is 0 Å².